The SMILES string of the molecule is CCOC(=O)c1cc(C2CC2)c2c(C)c(N3CC[C@H]4[C@@H](C3)[C@H]4NC(=O)OC(C)(C)C)c(F)cn2c1=O. The van der Waals surface area contributed by atoms with E-state index in [1.165, 1.54) is 10.6 Å². The van der Waals surface area contributed by atoms with E-state index in [1.807, 2.05) is 32.6 Å². The molecule has 3 heterocycles. The fraction of sp³-hybridized carbons (Fsp3) is 0.593. The minimum atomic E-state index is -0.680. The van der Waals surface area contributed by atoms with Crippen LogP contribution in [0.15, 0.2) is 17.1 Å². The van der Waals surface area contributed by atoms with Crippen molar-refractivity contribution in [2.75, 3.05) is 24.6 Å². The van der Waals surface area contributed by atoms with Gasteiger partial charge in [-0.25, -0.2) is 14.0 Å². The summed E-state index contributed by atoms with van der Waals surface area (Å²) in [6.45, 7) is 10.5. The Morgan fingerprint density at radius 3 is 2.56 bits per heavy atom. The molecule has 3 aliphatic rings. The predicted molar refractivity (Wildman–Crippen MR) is 133 cm³/mol. The number of carbonyl (C=O) groups is 2. The number of nitrogens with one attached hydrogen (secondary N) is 1. The molecule has 1 amide bonds. The van der Waals surface area contributed by atoms with Gasteiger partial charge in [0.05, 0.1) is 24.0 Å². The number of aryl methyl sites for hydroxylation is 1. The normalized spacial score (nSPS) is 23.3. The molecule has 2 saturated carbocycles. The molecular weight excluding hydrogens is 465 g/mol. The molecule has 36 heavy (non-hydrogen) atoms. The third-order valence-corrected chi connectivity index (χ3v) is 7.45. The van der Waals surface area contributed by atoms with Gasteiger partial charge in [-0.15, -0.1) is 0 Å². The van der Waals surface area contributed by atoms with Gasteiger partial charge in [0.15, 0.2) is 5.82 Å². The molecule has 3 atom stereocenters. The highest BCUT2D eigenvalue weighted by molar-refractivity contribution is 5.90. The first kappa shape index (κ1) is 24.6. The van der Waals surface area contributed by atoms with Crippen LogP contribution in [0.3, 0.4) is 0 Å². The van der Waals surface area contributed by atoms with E-state index < -0.39 is 29.0 Å². The molecule has 194 valence electrons. The fourth-order valence-electron chi connectivity index (χ4n) is 5.69. The lowest BCUT2D eigenvalue weighted by Crippen LogP contribution is -2.35. The van der Waals surface area contributed by atoms with Crippen molar-refractivity contribution >= 4 is 23.3 Å². The van der Waals surface area contributed by atoms with E-state index in [0.717, 1.165) is 24.8 Å². The van der Waals surface area contributed by atoms with Gasteiger partial charge < -0.3 is 19.7 Å². The minimum Gasteiger partial charge on any atom is -0.462 e. The number of halogens is 1. The zero-order valence-electron chi connectivity index (χ0n) is 21.5. The van der Waals surface area contributed by atoms with E-state index in [2.05, 4.69) is 5.32 Å². The monoisotopic (exact) mass is 499 g/mol. The Morgan fingerprint density at radius 2 is 1.92 bits per heavy atom. The summed E-state index contributed by atoms with van der Waals surface area (Å²) in [5.74, 6) is -0.366. The van der Waals surface area contributed by atoms with Crippen LogP contribution >= 0.6 is 0 Å². The second-order valence-electron chi connectivity index (χ2n) is 11.2. The summed E-state index contributed by atoms with van der Waals surface area (Å²) in [6, 6.07) is 1.67. The maximum Gasteiger partial charge on any atom is 0.407 e. The molecule has 0 aromatic carbocycles. The molecule has 2 aliphatic carbocycles. The Balaban J connectivity index is 1.46. The summed E-state index contributed by atoms with van der Waals surface area (Å²) < 4.78 is 27.4. The van der Waals surface area contributed by atoms with Crippen LogP contribution in [-0.2, 0) is 9.47 Å². The standard InChI is InChI=1S/C27H34FN3O5/c1-6-35-25(33)18-11-17(15-7-8-15)22-14(2)23(20(28)13-31(22)24(18)32)30-10-9-16-19(12-30)21(16)29-26(34)36-27(3,4)5/h11,13,15-16,19,21H,6-10,12H2,1-5H3,(H,29,34)/t16-,19+,21-/m0/s1. The number of anilines is 1. The van der Waals surface area contributed by atoms with E-state index in [9.17, 15) is 14.4 Å². The molecule has 2 aromatic rings. The van der Waals surface area contributed by atoms with E-state index >= 15 is 4.39 Å². The maximum absolute atomic E-state index is 15.6. The Bertz CT molecular complexity index is 1290. The smallest absolute Gasteiger partial charge is 0.407 e. The summed E-state index contributed by atoms with van der Waals surface area (Å²) in [5.41, 5.74) is 1.56. The average Bonchev–Trinajstić information content (AvgIpc) is 3.70. The van der Waals surface area contributed by atoms with Crippen LogP contribution in [0.2, 0.25) is 0 Å². The van der Waals surface area contributed by atoms with Crippen LogP contribution < -0.4 is 15.8 Å². The molecule has 0 spiro atoms. The van der Waals surface area contributed by atoms with Crippen molar-refractivity contribution in [2.45, 2.75) is 71.4 Å². The first-order chi connectivity index (χ1) is 17.0. The van der Waals surface area contributed by atoms with Gasteiger partial charge in [0.2, 0.25) is 0 Å². The van der Waals surface area contributed by atoms with Crippen LogP contribution in [-0.4, -0.2) is 47.8 Å². The van der Waals surface area contributed by atoms with Crippen molar-refractivity contribution in [1.29, 1.82) is 0 Å². The van der Waals surface area contributed by atoms with Crippen LogP contribution in [0.4, 0.5) is 14.9 Å². The summed E-state index contributed by atoms with van der Waals surface area (Å²) in [6.07, 6.45) is 3.55. The molecule has 5 rings (SSSR count). The number of piperidine rings is 1. The van der Waals surface area contributed by atoms with Crippen molar-refractivity contribution in [1.82, 2.24) is 9.72 Å². The predicted octanol–water partition coefficient (Wildman–Crippen LogP) is 4.15. The highest BCUT2D eigenvalue weighted by atomic mass is 19.1. The van der Waals surface area contributed by atoms with Gasteiger partial charge in [-0.3, -0.25) is 9.20 Å². The molecule has 2 aromatic heterocycles. The van der Waals surface area contributed by atoms with Crippen molar-refractivity contribution in [3.63, 3.8) is 0 Å². The Labute approximate surface area is 209 Å². The summed E-state index contributed by atoms with van der Waals surface area (Å²) in [5, 5.41) is 2.98. The van der Waals surface area contributed by atoms with Crippen molar-refractivity contribution in [2.24, 2.45) is 11.8 Å². The first-order valence-electron chi connectivity index (χ1n) is 12.8. The molecule has 9 heteroatoms. The van der Waals surface area contributed by atoms with Crippen molar-refractivity contribution < 1.29 is 23.5 Å². The minimum absolute atomic E-state index is 0.0189. The van der Waals surface area contributed by atoms with Gasteiger partial charge >= 0.3 is 12.1 Å². The molecule has 0 unspecified atom stereocenters. The quantitative estimate of drug-likeness (QED) is 0.622. The molecule has 1 aliphatic heterocycles. The average molecular weight is 500 g/mol. The second-order valence-corrected chi connectivity index (χ2v) is 11.2. The van der Waals surface area contributed by atoms with E-state index in [0.29, 0.717) is 35.8 Å². The number of alkyl carbamates (subject to hydrolysis) is 1. The third kappa shape index (κ3) is 4.44. The van der Waals surface area contributed by atoms with Crippen LogP contribution in [0.5, 0.6) is 0 Å². The van der Waals surface area contributed by atoms with Crippen LogP contribution in [0, 0.1) is 24.6 Å². The van der Waals surface area contributed by atoms with Gasteiger partial charge in [-0.2, -0.15) is 0 Å². The molecule has 1 saturated heterocycles. The van der Waals surface area contributed by atoms with Crippen molar-refractivity contribution in [3.8, 4) is 0 Å². The number of ether oxygens (including phenoxy) is 2. The van der Waals surface area contributed by atoms with Gasteiger partial charge in [-0.1, -0.05) is 0 Å². The zero-order chi connectivity index (χ0) is 25.9. The van der Waals surface area contributed by atoms with Crippen LogP contribution in [0.25, 0.3) is 5.52 Å². The molecule has 0 radical (unpaired) electrons. The number of fused-ring (bicyclic) bond motifs is 2. The molecule has 1 N–H and O–H groups in total. The lowest BCUT2D eigenvalue weighted by molar-refractivity contribution is 0.0510. The van der Waals surface area contributed by atoms with Gasteiger partial charge in [-0.05, 0) is 82.9 Å². The number of hydrogen-bond acceptors (Lipinski definition) is 6. The maximum atomic E-state index is 15.6. The zero-order valence-corrected chi connectivity index (χ0v) is 21.5. The summed E-state index contributed by atoms with van der Waals surface area (Å²) >= 11 is 0. The highest BCUT2D eigenvalue weighted by Crippen LogP contribution is 2.48. The van der Waals surface area contributed by atoms with E-state index in [-0.39, 0.29) is 30.0 Å². The number of nitrogens with zero attached hydrogens (tertiary/aromatic N) is 2. The number of hydrogen-bond donors (Lipinski definition) is 1. The van der Waals surface area contributed by atoms with E-state index in [4.69, 9.17) is 9.47 Å². The number of aromatic nitrogens is 1. The fourth-order valence-corrected chi connectivity index (χ4v) is 5.69. The first-order valence-corrected chi connectivity index (χ1v) is 12.8. The Hall–Kier alpha value is -3.10. The number of carbonyl (C=O) groups excluding carboxylic acids is 2. The molecule has 8 nitrogen and oxygen atoms in total. The largest absolute Gasteiger partial charge is 0.462 e. The van der Waals surface area contributed by atoms with Crippen molar-refractivity contribution in [3.05, 3.63) is 45.1 Å². The molecular formula is C27H34FN3O5. The highest BCUT2D eigenvalue weighted by Gasteiger charge is 2.54. The van der Waals surface area contributed by atoms with Gasteiger partial charge in [0, 0.05) is 25.0 Å². The van der Waals surface area contributed by atoms with Gasteiger partial charge in [0.25, 0.3) is 5.56 Å². The molecule has 3 fully saturated rings. The lowest BCUT2D eigenvalue weighted by atomic mass is 10.0. The number of esters is 1. The summed E-state index contributed by atoms with van der Waals surface area (Å²) in [7, 11) is 0. The number of rotatable bonds is 5. The molecule has 0 bridgehead atoms. The van der Waals surface area contributed by atoms with E-state index in [1.54, 1.807) is 13.0 Å². The number of amides is 1. The Morgan fingerprint density at radius 1 is 1.19 bits per heavy atom. The van der Waals surface area contributed by atoms with Gasteiger partial charge in [0.1, 0.15) is 11.2 Å². The summed E-state index contributed by atoms with van der Waals surface area (Å²) in [4.78, 5) is 39.9. The Kier molecular flexibility index (Phi) is 6.00. The topological polar surface area (TPSA) is 89.3 Å². The third-order valence-electron chi connectivity index (χ3n) is 7.45. The van der Waals surface area contributed by atoms with Crippen LogP contribution in [0.1, 0.15) is 74.4 Å². The second kappa shape index (κ2) is 8.78. The number of pyridine rings is 2. The lowest BCUT2D eigenvalue weighted by Gasteiger charge is -2.31.